The fourth-order valence-corrected chi connectivity index (χ4v) is 3.09. The summed E-state index contributed by atoms with van der Waals surface area (Å²) in [6, 6.07) is 8.53. The number of imidazole rings is 1. The van der Waals surface area contributed by atoms with Crippen LogP contribution < -0.4 is 10.2 Å². The Morgan fingerprint density at radius 2 is 2.00 bits per heavy atom. The average Bonchev–Trinajstić information content (AvgIpc) is 2.70. The van der Waals surface area contributed by atoms with Crippen LogP contribution in [-0.2, 0) is 6.54 Å². The summed E-state index contributed by atoms with van der Waals surface area (Å²) in [5.74, 6) is 1.16. The van der Waals surface area contributed by atoms with Gasteiger partial charge in [0.25, 0.3) is 0 Å². The molecule has 1 aliphatic rings. The van der Waals surface area contributed by atoms with E-state index < -0.39 is 0 Å². The number of aromatic nitrogens is 2. The number of fused-ring (bicyclic) bond motifs is 1. The number of aryl methyl sites for hydroxylation is 1. The van der Waals surface area contributed by atoms with Gasteiger partial charge in [0.1, 0.15) is 0 Å². The van der Waals surface area contributed by atoms with E-state index in [2.05, 4.69) is 46.0 Å². The lowest BCUT2D eigenvalue weighted by atomic mass is 10.2. The van der Waals surface area contributed by atoms with Gasteiger partial charge >= 0.3 is 0 Å². The molecule has 22 heavy (non-hydrogen) atoms. The van der Waals surface area contributed by atoms with Crippen molar-refractivity contribution < 1.29 is 0 Å². The van der Waals surface area contributed by atoms with Crippen LogP contribution >= 0.6 is 24.0 Å². The highest BCUT2D eigenvalue weighted by Gasteiger charge is 2.17. The Kier molecular flexibility index (Phi) is 6.95. The number of hydrogen-bond donors (Lipinski definition) is 1. The molecule has 3 rings (SSSR count). The number of hydrogen-bond acceptors (Lipinski definition) is 3. The first-order valence-electron chi connectivity index (χ1n) is 8.31. The third-order valence-electron chi connectivity index (χ3n) is 4.24. The van der Waals surface area contributed by atoms with Gasteiger partial charge in [0.2, 0.25) is 5.95 Å². The van der Waals surface area contributed by atoms with Crippen LogP contribution in [0.25, 0.3) is 11.0 Å². The molecule has 1 aliphatic heterocycles. The van der Waals surface area contributed by atoms with E-state index in [0.29, 0.717) is 0 Å². The number of halogens is 1. The molecule has 122 valence electrons. The van der Waals surface area contributed by atoms with Crippen molar-refractivity contribution >= 4 is 41.0 Å². The molecule has 0 atom stereocenters. The number of nitrogens with zero attached hydrogens (tertiary/aromatic N) is 3. The monoisotopic (exact) mass is 414 g/mol. The molecule has 0 aliphatic carbocycles. The summed E-state index contributed by atoms with van der Waals surface area (Å²) in [5, 5.41) is 3.47. The summed E-state index contributed by atoms with van der Waals surface area (Å²) >= 11 is 0. The minimum atomic E-state index is 0. The van der Waals surface area contributed by atoms with Gasteiger partial charge in [-0.3, -0.25) is 0 Å². The molecule has 1 saturated heterocycles. The highest BCUT2D eigenvalue weighted by molar-refractivity contribution is 14.0. The van der Waals surface area contributed by atoms with Gasteiger partial charge in [0.05, 0.1) is 11.0 Å². The molecule has 0 bridgehead atoms. The van der Waals surface area contributed by atoms with E-state index in [9.17, 15) is 0 Å². The summed E-state index contributed by atoms with van der Waals surface area (Å²) in [5.41, 5.74) is 2.40. The molecule has 1 fully saturated rings. The largest absolute Gasteiger partial charge is 0.341 e. The second-order valence-corrected chi connectivity index (χ2v) is 5.85. The van der Waals surface area contributed by atoms with E-state index in [1.54, 1.807) is 0 Å². The van der Waals surface area contributed by atoms with Crippen molar-refractivity contribution in [2.75, 3.05) is 31.1 Å². The molecule has 1 aromatic carbocycles. The summed E-state index contributed by atoms with van der Waals surface area (Å²) in [6.45, 7) is 7.66. The molecule has 2 heterocycles. The Balaban J connectivity index is 0.00000176. The lowest BCUT2D eigenvalue weighted by molar-refractivity contribution is 0.602. The zero-order valence-electron chi connectivity index (χ0n) is 13.4. The second kappa shape index (κ2) is 8.72. The Hall–Kier alpha value is -0.820. The standard InChI is InChI=1S/C17H26N4.HI/c1-2-3-6-13-21-16-9-5-4-8-15(16)19-17(21)20-12-7-10-18-11-14-20;/h4-5,8-9,18H,2-3,6-7,10-14H2,1H3;1H. The van der Waals surface area contributed by atoms with Gasteiger partial charge in [-0.15, -0.1) is 24.0 Å². The maximum Gasteiger partial charge on any atom is 0.206 e. The summed E-state index contributed by atoms with van der Waals surface area (Å²) in [4.78, 5) is 7.37. The van der Waals surface area contributed by atoms with E-state index in [1.807, 2.05) is 0 Å². The molecular weight excluding hydrogens is 387 g/mol. The number of unbranched alkanes of at least 4 members (excludes halogenated alkanes) is 2. The van der Waals surface area contributed by atoms with Crippen LogP contribution in [0.2, 0.25) is 0 Å². The predicted molar refractivity (Wildman–Crippen MR) is 104 cm³/mol. The van der Waals surface area contributed by atoms with Gasteiger partial charge in [0.15, 0.2) is 0 Å². The maximum atomic E-state index is 4.92. The SMILES string of the molecule is CCCCCn1c(N2CCCNCC2)nc2ccccc21.I. The van der Waals surface area contributed by atoms with E-state index in [0.717, 1.165) is 44.2 Å². The van der Waals surface area contributed by atoms with Crippen LogP contribution in [-0.4, -0.2) is 35.7 Å². The van der Waals surface area contributed by atoms with Gasteiger partial charge in [-0.2, -0.15) is 0 Å². The molecular formula is C17H27IN4. The van der Waals surface area contributed by atoms with Gasteiger partial charge in [-0.1, -0.05) is 31.9 Å². The van der Waals surface area contributed by atoms with Crippen LogP contribution in [0.15, 0.2) is 24.3 Å². The quantitative estimate of drug-likeness (QED) is 0.599. The minimum absolute atomic E-state index is 0. The van der Waals surface area contributed by atoms with Crippen LogP contribution in [0.1, 0.15) is 32.6 Å². The fraction of sp³-hybridized carbons (Fsp3) is 0.588. The minimum Gasteiger partial charge on any atom is -0.341 e. The number of anilines is 1. The van der Waals surface area contributed by atoms with E-state index >= 15 is 0 Å². The van der Waals surface area contributed by atoms with Crippen molar-refractivity contribution in [3.8, 4) is 0 Å². The molecule has 2 aromatic rings. The van der Waals surface area contributed by atoms with Gasteiger partial charge in [0, 0.05) is 26.2 Å². The third kappa shape index (κ3) is 3.93. The van der Waals surface area contributed by atoms with Crippen molar-refractivity contribution in [2.24, 2.45) is 0 Å². The van der Waals surface area contributed by atoms with Crippen molar-refractivity contribution in [1.82, 2.24) is 14.9 Å². The Morgan fingerprint density at radius 1 is 1.14 bits per heavy atom. The topological polar surface area (TPSA) is 33.1 Å². The van der Waals surface area contributed by atoms with E-state index in [-0.39, 0.29) is 24.0 Å². The first-order valence-corrected chi connectivity index (χ1v) is 8.31. The molecule has 0 amide bonds. The number of benzene rings is 1. The average molecular weight is 414 g/mol. The number of rotatable bonds is 5. The predicted octanol–water partition coefficient (Wildman–Crippen LogP) is 3.64. The molecule has 1 aromatic heterocycles. The van der Waals surface area contributed by atoms with Crippen molar-refractivity contribution in [1.29, 1.82) is 0 Å². The smallest absolute Gasteiger partial charge is 0.206 e. The first-order chi connectivity index (χ1) is 10.4. The zero-order valence-corrected chi connectivity index (χ0v) is 15.8. The number of nitrogens with one attached hydrogen (secondary N) is 1. The van der Waals surface area contributed by atoms with Crippen LogP contribution in [0.4, 0.5) is 5.95 Å². The van der Waals surface area contributed by atoms with Crippen molar-refractivity contribution in [2.45, 2.75) is 39.2 Å². The lowest BCUT2D eigenvalue weighted by Gasteiger charge is -2.22. The summed E-state index contributed by atoms with van der Waals surface area (Å²) < 4.78 is 2.43. The molecule has 0 radical (unpaired) electrons. The van der Waals surface area contributed by atoms with Crippen molar-refractivity contribution in [3.05, 3.63) is 24.3 Å². The van der Waals surface area contributed by atoms with Crippen LogP contribution in [0.5, 0.6) is 0 Å². The summed E-state index contributed by atoms with van der Waals surface area (Å²) in [6.07, 6.45) is 4.97. The Labute approximate surface area is 150 Å². The normalized spacial score (nSPS) is 15.6. The van der Waals surface area contributed by atoms with Gasteiger partial charge in [-0.05, 0) is 31.5 Å². The highest BCUT2D eigenvalue weighted by atomic mass is 127. The first kappa shape index (κ1) is 17.5. The summed E-state index contributed by atoms with van der Waals surface area (Å²) in [7, 11) is 0. The van der Waals surface area contributed by atoms with E-state index in [4.69, 9.17) is 4.98 Å². The fourth-order valence-electron chi connectivity index (χ4n) is 3.09. The highest BCUT2D eigenvalue weighted by Crippen LogP contribution is 2.24. The third-order valence-corrected chi connectivity index (χ3v) is 4.24. The lowest BCUT2D eigenvalue weighted by Crippen LogP contribution is -2.30. The molecule has 4 nitrogen and oxygen atoms in total. The van der Waals surface area contributed by atoms with Crippen LogP contribution in [0, 0.1) is 0 Å². The Bertz CT molecular complexity index is 573. The Morgan fingerprint density at radius 3 is 2.86 bits per heavy atom. The van der Waals surface area contributed by atoms with Crippen molar-refractivity contribution in [3.63, 3.8) is 0 Å². The van der Waals surface area contributed by atoms with Crippen LogP contribution in [0.3, 0.4) is 0 Å². The molecule has 0 unspecified atom stereocenters. The van der Waals surface area contributed by atoms with Gasteiger partial charge < -0.3 is 14.8 Å². The van der Waals surface area contributed by atoms with E-state index in [1.165, 1.54) is 31.2 Å². The molecule has 0 spiro atoms. The van der Waals surface area contributed by atoms with Gasteiger partial charge in [-0.25, -0.2) is 4.98 Å². The number of para-hydroxylation sites is 2. The maximum absolute atomic E-state index is 4.92. The molecule has 0 saturated carbocycles. The molecule has 5 heteroatoms. The zero-order chi connectivity index (χ0) is 14.5. The second-order valence-electron chi connectivity index (χ2n) is 5.85. The molecule has 1 N–H and O–H groups in total.